The Balaban J connectivity index is 1.53. The molecule has 4 rings (SSSR count). The Morgan fingerprint density at radius 2 is 1.83 bits per heavy atom. The van der Waals surface area contributed by atoms with E-state index in [2.05, 4.69) is 22.3 Å². The summed E-state index contributed by atoms with van der Waals surface area (Å²) in [6.45, 7) is 3.77. The van der Waals surface area contributed by atoms with Crippen molar-refractivity contribution >= 4 is 29.4 Å². The number of aliphatic hydroxyl groups is 1. The number of rotatable bonds is 7. The standard InChI is InChI=1S/C28H29ClF3N7O3/c1-17-11-12-37(14-18(17)2)26(41)21-5-3-4-6-22(21)39-16-35-24(36-39)13-34-27(42)38(15-23(40)28(30,31)32)25(33)19-7-9-20(29)10-8-19/h3-10,16,23,33,40H,11-15H2,1-2H3,(H,34,42)/p+1/t23-/m0/s1. The van der Waals surface area contributed by atoms with Crippen LogP contribution < -0.4 is 11.1 Å². The first-order valence-electron chi connectivity index (χ1n) is 13.0. The summed E-state index contributed by atoms with van der Waals surface area (Å²) in [5, 5.41) is 16.8. The van der Waals surface area contributed by atoms with Crippen molar-refractivity contribution in [2.24, 2.45) is 5.73 Å². The van der Waals surface area contributed by atoms with Gasteiger partial charge in [0, 0.05) is 23.7 Å². The number of nitrogens with one attached hydrogen (secondary N) is 1. The number of hydrogen-bond donors (Lipinski definition) is 3. The molecule has 1 aromatic heterocycles. The van der Waals surface area contributed by atoms with Gasteiger partial charge in [-0.25, -0.2) is 14.5 Å². The molecule has 0 spiro atoms. The fourth-order valence-corrected chi connectivity index (χ4v) is 4.43. The number of para-hydroxylation sites is 1. The molecule has 0 fully saturated rings. The number of aromatic nitrogens is 3. The molecule has 0 unspecified atom stereocenters. The number of nitrogens with zero attached hydrogens (tertiary/aromatic N) is 5. The molecule has 1 aliphatic rings. The average Bonchev–Trinajstić information content (AvgIpc) is 3.44. The lowest BCUT2D eigenvalue weighted by Gasteiger charge is -2.29. The van der Waals surface area contributed by atoms with E-state index in [4.69, 9.17) is 17.3 Å². The molecular formula is C28H30ClF3N7O3+. The van der Waals surface area contributed by atoms with Crippen molar-refractivity contribution in [1.29, 1.82) is 0 Å². The Hall–Kier alpha value is -4.23. The summed E-state index contributed by atoms with van der Waals surface area (Å²) < 4.78 is 41.4. The van der Waals surface area contributed by atoms with E-state index in [1.807, 2.05) is 6.92 Å². The second kappa shape index (κ2) is 12.7. The van der Waals surface area contributed by atoms with Crippen LogP contribution in [0.5, 0.6) is 0 Å². The molecule has 3 amide bonds. The van der Waals surface area contributed by atoms with Gasteiger partial charge in [-0.15, -0.1) is 5.10 Å². The number of urea groups is 1. The van der Waals surface area contributed by atoms with Crippen molar-refractivity contribution in [2.45, 2.75) is 39.1 Å². The Kier molecular flexibility index (Phi) is 9.32. The fraction of sp³-hybridized carbons (Fsp3) is 0.321. The van der Waals surface area contributed by atoms with E-state index in [9.17, 15) is 27.9 Å². The van der Waals surface area contributed by atoms with Gasteiger partial charge in [0.25, 0.3) is 5.91 Å². The van der Waals surface area contributed by atoms with Gasteiger partial charge >= 0.3 is 12.2 Å². The van der Waals surface area contributed by atoms with Crippen LogP contribution in [0.4, 0.5) is 18.0 Å². The Morgan fingerprint density at radius 1 is 1.14 bits per heavy atom. The number of benzene rings is 2. The number of carbonyl (C=O) groups excluding carboxylic acids is 2. The number of alkyl halides is 3. The molecule has 2 aromatic carbocycles. The predicted octanol–water partition coefficient (Wildman–Crippen LogP) is 3.65. The zero-order valence-corrected chi connectivity index (χ0v) is 23.7. The fourth-order valence-electron chi connectivity index (χ4n) is 4.30. The van der Waals surface area contributed by atoms with Gasteiger partial charge in [0.05, 0.1) is 11.3 Å². The summed E-state index contributed by atoms with van der Waals surface area (Å²) in [5.41, 5.74) is 9.58. The largest absolute Gasteiger partial charge is 0.436 e. The first kappa shape index (κ1) is 30.7. The molecule has 1 aliphatic heterocycles. The van der Waals surface area contributed by atoms with E-state index in [1.54, 1.807) is 29.2 Å². The summed E-state index contributed by atoms with van der Waals surface area (Å²) in [5.74, 6) is -0.356. The van der Waals surface area contributed by atoms with Crippen LogP contribution in [0.3, 0.4) is 0 Å². The van der Waals surface area contributed by atoms with E-state index in [1.165, 1.54) is 40.8 Å². The number of amidine groups is 1. The molecule has 0 aliphatic carbocycles. The minimum absolute atomic E-state index is 0.124. The van der Waals surface area contributed by atoms with Gasteiger partial charge in [-0.1, -0.05) is 34.9 Å². The molecule has 2 heterocycles. The maximum absolute atomic E-state index is 13.4. The van der Waals surface area contributed by atoms with Gasteiger partial charge < -0.3 is 15.7 Å². The highest BCUT2D eigenvalue weighted by molar-refractivity contribution is 6.30. The number of nitrogens with two attached hydrogens (primary N) is 1. The van der Waals surface area contributed by atoms with E-state index in [-0.39, 0.29) is 29.7 Å². The zero-order chi connectivity index (χ0) is 30.6. The summed E-state index contributed by atoms with van der Waals surface area (Å²) in [7, 11) is 0. The molecular weight excluding hydrogens is 575 g/mol. The third-order valence-corrected chi connectivity index (χ3v) is 7.18. The predicted molar refractivity (Wildman–Crippen MR) is 149 cm³/mol. The van der Waals surface area contributed by atoms with Crippen LogP contribution in [0, 0.1) is 0 Å². The molecule has 0 saturated heterocycles. The van der Waals surface area contributed by atoms with Crippen LogP contribution in [0.15, 0.2) is 66.0 Å². The molecule has 14 heteroatoms. The Morgan fingerprint density at radius 3 is 2.50 bits per heavy atom. The van der Waals surface area contributed by atoms with Crippen molar-refractivity contribution in [3.05, 3.63) is 88.0 Å². The van der Waals surface area contributed by atoms with Crippen LogP contribution in [0.25, 0.3) is 5.69 Å². The molecule has 222 valence electrons. The molecule has 1 atom stereocenters. The van der Waals surface area contributed by atoms with Gasteiger partial charge in [-0.3, -0.25) is 10.1 Å². The smallest absolute Gasteiger partial charge is 0.381 e. The van der Waals surface area contributed by atoms with Gasteiger partial charge in [0.15, 0.2) is 11.9 Å². The van der Waals surface area contributed by atoms with Crippen LogP contribution in [-0.4, -0.2) is 79.0 Å². The molecule has 42 heavy (non-hydrogen) atoms. The monoisotopic (exact) mass is 604 g/mol. The quantitative estimate of drug-likeness (QED) is 0.163. The van der Waals surface area contributed by atoms with Gasteiger partial charge in [0.1, 0.15) is 19.4 Å². The summed E-state index contributed by atoms with van der Waals surface area (Å²) in [6.07, 6.45) is -5.66. The lowest BCUT2D eigenvalue weighted by atomic mass is 10.0. The summed E-state index contributed by atoms with van der Waals surface area (Å²) in [6, 6.07) is 11.7. The van der Waals surface area contributed by atoms with E-state index < -0.39 is 24.9 Å². The third-order valence-electron chi connectivity index (χ3n) is 6.93. The lowest BCUT2D eigenvalue weighted by molar-refractivity contribution is -0.455. The molecule has 0 radical (unpaired) electrons. The maximum atomic E-state index is 13.4. The van der Waals surface area contributed by atoms with Crippen molar-refractivity contribution in [3.63, 3.8) is 0 Å². The van der Waals surface area contributed by atoms with Crippen molar-refractivity contribution < 1.29 is 32.4 Å². The molecule has 3 aromatic rings. The van der Waals surface area contributed by atoms with Gasteiger partial charge in [-0.2, -0.15) is 17.7 Å². The first-order valence-corrected chi connectivity index (χ1v) is 13.4. The Bertz CT molecular complexity index is 1530. The second-order valence-corrected chi connectivity index (χ2v) is 10.3. The minimum Gasteiger partial charge on any atom is -0.381 e. The van der Waals surface area contributed by atoms with Crippen LogP contribution in [0.2, 0.25) is 5.02 Å². The molecule has 0 bridgehead atoms. The highest BCUT2D eigenvalue weighted by atomic mass is 35.5. The Labute approximate surface area is 244 Å². The van der Waals surface area contributed by atoms with Crippen molar-refractivity contribution in [2.75, 3.05) is 19.6 Å². The van der Waals surface area contributed by atoms with E-state index in [0.717, 1.165) is 12.0 Å². The first-order chi connectivity index (χ1) is 19.8. The topological polar surface area (TPSA) is 129 Å². The molecule has 0 saturated carbocycles. The van der Waals surface area contributed by atoms with Crippen molar-refractivity contribution in [3.8, 4) is 5.69 Å². The second-order valence-electron chi connectivity index (χ2n) is 9.88. The van der Waals surface area contributed by atoms with E-state index >= 15 is 0 Å². The van der Waals surface area contributed by atoms with Crippen LogP contribution >= 0.6 is 11.6 Å². The maximum Gasteiger partial charge on any atom is 0.436 e. The number of hydrogen-bond acceptors (Lipinski definition) is 5. The lowest BCUT2D eigenvalue weighted by Crippen LogP contribution is -2.47. The van der Waals surface area contributed by atoms with E-state index in [0.29, 0.717) is 33.9 Å². The minimum atomic E-state index is -4.98. The van der Waals surface area contributed by atoms with Gasteiger partial charge in [0.2, 0.25) is 5.84 Å². The highest BCUT2D eigenvalue weighted by Gasteiger charge is 2.41. The number of carbonyl (C=O) groups is 2. The number of aliphatic hydroxyl groups excluding tert-OH is 1. The molecule has 10 nitrogen and oxygen atoms in total. The highest BCUT2D eigenvalue weighted by Crippen LogP contribution is 2.22. The zero-order valence-electron chi connectivity index (χ0n) is 22.9. The van der Waals surface area contributed by atoms with Crippen LogP contribution in [-0.2, 0) is 6.54 Å². The summed E-state index contributed by atoms with van der Waals surface area (Å²) >= 11 is 5.87. The summed E-state index contributed by atoms with van der Waals surface area (Å²) in [4.78, 5) is 32.3. The number of amides is 3. The van der Waals surface area contributed by atoms with Gasteiger partial charge in [-0.05, 0) is 56.7 Å². The molecule has 4 N–H and O–H groups in total. The number of halogens is 4. The third kappa shape index (κ3) is 7.15. The average molecular weight is 605 g/mol. The normalized spacial score (nSPS) is 15.4. The van der Waals surface area contributed by atoms with Crippen LogP contribution in [0.1, 0.15) is 42.0 Å². The van der Waals surface area contributed by atoms with Crippen molar-refractivity contribution in [1.82, 2.24) is 25.0 Å². The SMILES string of the molecule is CC1=C(C)CN(C(=O)c2ccccc2-n2cnc(CNC(=O)/[N+](C[C@H](O)C(F)(F)F)=C(\N)c3ccc(Cl)cc3)n2)CC1.